The van der Waals surface area contributed by atoms with Gasteiger partial charge in [-0.05, 0) is 52.0 Å². The van der Waals surface area contributed by atoms with Crippen LogP contribution in [0.25, 0.3) is 0 Å². The number of rotatable bonds is 3. The Morgan fingerprint density at radius 3 is 1.75 bits per heavy atom. The summed E-state index contributed by atoms with van der Waals surface area (Å²) in [5.74, 6) is 0.645. The van der Waals surface area contributed by atoms with Crippen molar-refractivity contribution in [1.29, 1.82) is 5.26 Å². The standard InChI is InChI=1S/C13H17NO2.BH3O3/c1-12(2,15)13(3,4)16-11-7-5-10(9-14)6-8-11;2-1(3)4/h5-8,15H,1-4H3;2-4H. The van der Waals surface area contributed by atoms with Gasteiger partial charge in [-0.2, -0.15) is 5.26 Å². The molecule has 7 heteroatoms. The van der Waals surface area contributed by atoms with Crippen LogP contribution in [-0.4, -0.2) is 38.7 Å². The summed E-state index contributed by atoms with van der Waals surface area (Å²) in [6.07, 6.45) is 0. The van der Waals surface area contributed by atoms with Crippen LogP contribution < -0.4 is 4.74 Å². The third-order valence-electron chi connectivity index (χ3n) is 2.83. The molecular formula is C13H20BNO5. The molecule has 0 saturated heterocycles. The third kappa shape index (κ3) is 6.54. The van der Waals surface area contributed by atoms with Gasteiger partial charge >= 0.3 is 7.32 Å². The van der Waals surface area contributed by atoms with Crippen molar-refractivity contribution in [3.05, 3.63) is 29.8 Å². The molecule has 0 spiro atoms. The number of nitriles is 1. The van der Waals surface area contributed by atoms with Gasteiger partial charge in [0, 0.05) is 0 Å². The lowest BCUT2D eigenvalue weighted by atomic mass is 9.89. The number of aliphatic hydroxyl groups is 1. The first-order valence-electron chi connectivity index (χ1n) is 5.95. The molecule has 0 amide bonds. The summed E-state index contributed by atoms with van der Waals surface area (Å²) in [6.45, 7) is 7.06. The molecule has 6 nitrogen and oxygen atoms in total. The lowest BCUT2D eigenvalue weighted by Crippen LogP contribution is -2.49. The second-order valence-electron chi connectivity index (χ2n) is 5.15. The predicted octanol–water partition coefficient (Wildman–Crippen LogP) is 0.435. The lowest BCUT2D eigenvalue weighted by Gasteiger charge is -2.37. The second kappa shape index (κ2) is 7.26. The Labute approximate surface area is 119 Å². The van der Waals surface area contributed by atoms with E-state index in [9.17, 15) is 5.11 Å². The topological polar surface area (TPSA) is 114 Å². The molecule has 1 aromatic carbocycles. The van der Waals surface area contributed by atoms with E-state index in [1.807, 2.05) is 19.9 Å². The van der Waals surface area contributed by atoms with E-state index in [1.165, 1.54) is 0 Å². The van der Waals surface area contributed by atoms with Gasteiger partial charge < -0.3 is 24.9 Å². The number of hydrogen-bond acceptors (Lipinski definition) is 6. The highest BCUT2D eigenvalue weighted by Crippen LogP contribution is 2.27. The summed E-state index contributed by atoms with van der Waals surface area (Å²) in [5.41, 5.74) is -1.05. The lowest BCUT2D eigenvalue weighted by molar-refractivity contribution is -0.0906. The van der Waals surface area contributed by atoms with Crippen molar-refractivity contribution in [3.63, 3.8) is 0 Å². The monoisotopic (exact) mass is 281 g/mol. The molecule has 1 rings (SSSR count). The van der Waals surface area contributed by atoms with E-state index >= 15 is 0 Å². The molecule has 20 heavy (non-hydrogen) atoms. The van der Waals surface area contributed by atoms with Crippen LogP contribution >= 0.6 is 0 Å². The molecule has 0 atom stereocenters. The van der Waals surface area contributed by atoms with E-state index in [-0.39, 0.29) is 0 Å². The maximum atomic E-state index is 9.93. The van der Waals surface area contributed by atoms with Crippen molar-refractivity contribution in [3.8, 4) is 11.8 Å². The molecule has 0 radical (unpaired) electrons. The maximum Gasteiger partial charge on any atom is 0.631 e. The number of ether oxygens (including phenoxy) is 1. The first-order chi connectivity index (χ1) is 8.99. The number of benzene rings is 1. The normalized spacial score (nSPS) is 10.9. The Bertz CT molecular complexity index is 443. The van der Waals surface area contributed by atoms with Crippen LogP contribution in [0, 0.1) is 11.3 Å². The van der Waals surface area contributed by atoms with Crippen molar-refractivity contribution in [1.82, 2.24) is 0 Å². The minimum absolute atomic E-state index is 0.591. The van der Waals surface area contributed by atoms with Crippen molar-refractivity contribution in [2.24, 2.45) is 0 Å². The first kappa shape index (κ1) is 18.4. The molecule has 110 valence electrons. The Balaban J connectivity index is 0.000000796. The molecular weight excluding hydrogens is 261 g/mol. The molecule has 0 aliphatic rings. The van der Waals surface area contributed by atoms with Crippen LogP contribution in [0.4, 0.5) is 0 Å². The van der Waals surface area contributed by atoms with Gasteiger partial charge in [0.25, 0.3) is 0 Å². The second-order valence-corrected chi connectivity index (χ2v) is 5.15. The molecule has 1 aromatic rings. The minimum Gasteiger partial charge on any atom is -0.485 e. The summed E-state index contributed by atoms with van der Waals surface area (Å²) in [5, 5.41) is 40.1. The zero-order chi connectivity index (χ0) is 16.0. The Morgan fingerprint density at radius 2 is 1.45 bits per heavy atom. The van der Waals surface area contributed by atoms with Crippen LogP contribution in [0.15, 0.2) is 24.3 Å². The summed E-state index contributed by atoms with van der Waals surface area (Å²) < 4.78 is 5.71. The van der Waals surface area contributed by atoms with E-state index in [0.717, 1.165) is 0 Å². The van der Waals surface area contributed by atoms with E-state index in [0.29, 0.717) is 11.3 Å². The maximum absolute atomic E-state index is 9.93. The van der Waals surface area contributed by atoms with Crippen molar-refractivity contribution < 1.29 is 24.9 Å². The zero-order valence-electron chi connectivity index (χ0n) is 12.0. The fourth-order valence-electron chi connectivity index (χ4n) is 1.02. The fraction of sp³-hybridized carbons (Fsp3) is 0.462. The number of nitrogens with zero attached hydrogens (tertiary/aromatic N) is 1. The Kier molecular flexibility index (Phi) is 6.69. The van der Waals surface area contributed by atoms with Crippen molar-refractivity contribution in [2.45, 2.75) is 38.9 Å². The Morgan fingerprint density at radius 1 is 1.05 bits per heavy atom. The molecule has 0 aliphatic carbocycles. The summed E-state index contributed by atoms with van der Waals surface area (Å²) in [4.78, 5) is 0. The van der Waals surface area contributed by atoms with Gasteiger partial charge in [-0.15, -0.1) is 0 Å². The van der Waals surface area contributed by atoms with Crippen molar-refractivity contribution >= 4 is 7.32 Å². The van der Waals surface area contributed by atoms with Gasteiger partial charge in [-0.3, -0.25) is 0 Å². The molecule has 0 bridgehead atoms. The van der Waals surface area contributed by atoms with E-state index < -0.39 is 18.5 Å². The van der Waals surface area contributed by atoms with Gasteiger partial charge in [0.2, 0.25) is 0 Å². The van der Waals surface area contributed by atoms with Crippen LogP contribution in [0.3, 0.4) is 0 Å². The molecule has 0 aromatic heterocycles. The van der Waals surface area contributed by atoms with Crippen LogP contribution in [-0.2, 0) is 0 Å². The highest BCUT2D eigenvalue weighted by atomic mass is 16.5. The summed E-state index contributed by atoms with van der Waals surface area (Å²) >= 11 is 0. The molecule has 0 heterocycles. The average Bonchev–Trinajstić information content (AvgIpc) is 2.27. The van der Waals surface area contributed by atoms with Gasteiger partial charge in [0.1, 0.15) is 11.4 Å². The fourth-order valence-corrected chi connectivity index (χ4v) is 1.02. The largest absolute Gasteiger partial charge is 0.631 e. The predicted molar refractivity (Wildman–Crippen MR) is 74.6 cm³/mol. The molecule has 0 fully saturated rings. The molecule has 0 aliphatic heterocycles. The Hall–Kier alpha value is -1.59. The van der Waals surface area contributed by atoms with Gasteiger partial charge in [0.05, 0.1) is 17.2 Å². The summed E-state index contributed by atoms with van der Waals surface area (Å²) in [7, 11) is -2.17. The van der Waals surface area contributed by atoms with Crippen molar-refractivity contribution in [2.75, 3.05) is 0 Å². The van der Waals surface area contributed by atoms with Gasteiger partial charge in [-0.1, -0.05) is 0 Å². The average molecular weight is 281 g/mol. The van der Waals surface area contributed by atoms with E-state index in [4.69, 9.17) is 25.1 Å². The first-order valence-corrected chi connectivity index (χ1v) is 5.95. The number of hydrogen-bond donors (Lipinski definition) is 4. The molecule has 0 saturated carbocycles. The SMILES string of the molecule is CC(C)(O)C(C)(C)Oc1ccc(C#N)cc1.OB(O)O. The van der Waals surface area contributed by atoms with Crippen LogP contribution in [0.1, 0.15) is 33.3 Å². The van der Waals surface area contributed by atoms with E-state index in [2.05, 4.69) is 0 Å². The van der Waals surface area contributed by atoms with Gasteiger partial charge in [0.15, 0.2) is 0 Å². The summed E-state index contributed by atoms with van der Waals surface area (Å²) in [6, 6.07) is 8.88. The highest BCUT2D eigenvalue weighted by molar-refractivity contribution is 6.30. The zero-order valence-corrected chi connectivity index (χ0v) is 12.0. The minimum atomic E-state index is -2.17. The highest BCUT2D eigenvalue weighted by Gasteiger charge is 2.37. The quantitative estimate of drug-likeness (QED) is 0.597. The van der Waals surface area contributed by atoms with Gasteiger partial charge in [-0.25, -0.2) is 0 Å². The molecule has 4 N–H and O–H groups in total. The molecule has 0 unspecified atom stereocenters. The van der Waals surface area contributed by atoms with Crippen LogP contribution in [0.5, 0.6) is 5.75 Å². The van der Waals surface area contributed by atoms with E-state index in [1.54, 1.807) is 38.1 Å². The smallest absolute Gasteiger partial charge is 0.485 e. The van der Waals surface area contributed by atoms with Crippen LogP contribution in [0.2, 0.25) is 0 Å². The third-order valence-corrected chi connectivity index (χ3v) is 2.83.